The molecule has 1 aliphatic heterocycles. The number of piperazine rings is 1. The molecule has 0 saturated carbocycles. The van der Waals surface area contributed by atoms with Crippen LogP contribution in [0.3, 0.4) is 0 Å². The molecule has 28 heavy (non-hydrogen) atoms. The van der Waals surface area contributed by atoms with Crippen LogP contribution in [0.1, 0.15) is 34.2 Å². The molecule has 1 atom stereocenters. The number of hydrogen-bond donors (Lipinski definition) is 1. The first-order chi connectivity index (χ1) is 13.8. The largest absolute Gasteiger partial charge is 0.367 e. The Morgan fingerprint density at radius 3 is 2.82 bits per heavy atom. The minimum atomic E-state index is 0.396. The van der Waals surface area contributed by atoms with Gasteiger partial charge in [-0.3, -0.25) is 4.90 Å². The molecule has 0 radical (unpaired) electrons. The van der Waals surface area contributed by atoms with Crippen LogP contribution in [0.4, 0.5) is 5.82 Å². The maximum atomic E-state index is 4.66. The summed E-state index contributed by atoms with van der Waals surface area (Å²) in [5, 5.41) is 7.20. The average molecular weight is 414 g/mol. The van der Waals surface area contributed by atoms with E-state index in [4.69, 9.17) is 0 Å². The van der Waals surface area contributed by atoms with Crippen LogP contribution in [0.25, 0.3) is 10.2 Å². The van der Waals surface area contributed by atoms with Crippen molar-refractivity contribution in [3.8, 4) is 0 Å². The number of aryl methyl sites for hydroxylation is 2. The maximum Gasteiger partial charge on any atom is 0.138 e. The Morgan fingerprint density at radius 2 is 2.00 bits per heavy atom. The van der Waals surface area contributed by atoms with Crippen LogP contribution in [0.5, 0.6) is 0 Å². The smallest absolute Gasteiger partial charge is 0.138 e. The van der Waals surface area contributed by atoms with Crippen LogP contribution >= 0.6 is 22.7 Å². The number of nitrogens with one attached hydrogen (secondary N) is 1. The number of hydrogen-bond acceptors (Lipinski definition) is 7. The molecular formula is C21H27N5S2. The molecule has 7 heteroatoms. The third-order valence-corrected chi connectivity index (χ3v) is 8.24. The van der Waals surface area contributed by atoms with E-state index in [1.807, 2.05) is 22.7 Å². The van der Waals surface area contributed by atoms with E-state index < -0.39 is 0 Å². The lowest BCUT2D eigenvalue weighted by atomic mass is 9.97. The molecule has 0 spiro atoms. The van der Waals surface area contributed by atoms with Gasteiger partial charge in [0, 0.05) is 42.5 Å². The summed E-state index contributed by atoms with van der Waals surface area (Å²) < 4.78 is 0. The summed E-state index contributed by atoms with van der Waals surface area (Å²) in [6.45, 7) is 5.40. The first kappa shape index (κ1) is 18.5. The van der Waals surface area contributed by atoms with Crippen molar-refractivity contribution in [2.24, 2.45) is 0 Å². The number of anilines is 1. The zero-order chi connectivity index (χ0) is 18.9. The number of nitrogens with zero attached hydrogens (tertiary/aromatic N) is 4. The van der Waals surface area contributed by atoms with Crippen molar-refractivity contribution in [3.63, 3.8) is 0 Å². The number of rotatable bonds is 5. The van der Waals surface area contributed by atoms with Gasteiger partial charge in [0.15, 0.2) is 0 Å². The minimum Gasteiger partial charge on any atom is -0.367 e. The van der Waals surface area contributed by atoms with E-state index in [9.17, 15) is 0 Å². The molecule has 0 amide bonds. The van der Waals surface area contributed by atoms with Gasteiger partial charge in [-0.05, 0) is 49.7 Å². The molecule has 2 aliphatic rings. The van der Waals surface area contributed by atoms with Crippen LogP contribution in [0, 0.1) is 0 Å². The van der Waals surface area contributed by atoms with Gasteiger partial charge >= 0.3 is 0 Å². The SMILES string of the molecule is CN1CCN(C(CNc2ncnc3sc4c(c23)CCCC4)c2cccs2)CC1. The Hall–Kier alpha value is -1.54. The third-order valence-electron chi connectivity index (χ3n) is 6.06. The highest BCUT2D eigenvalue weighted by molar-refractivity contribution is 7.19. The van der Waals surface area contributed by atoms with Crippen molar-refractivity contribution in [2.75, 3.05) is 45.1 Å². The van der Waals surface area contributed by atoms with Gasteiger partial charge in [-0.25, -0.2) is 9.97 Å². The number of aromatic nitrogens is 2. The standard InChI is InChI=1S/C21H27N5S2/c1-25-8-10-26(11-9-25)16(18-7-4-12-27-18)13-22-20-19-15-5-2-3-6-17(15)28-21(19)24-14-23-20/h4,7,12,14,16H,2-3,5-6,8-11,13H2,1H3,(H,22,23,24). The molecule has 3 aromatic heterocycles. The number of fused-ring (bicyclic) bond motifs is 3. The normalized spacial score (nSPS) is 19.6. The van der Waals surface area contributed by atoms with Crippen molar-refractivity contribution in [2.45, 2.75) is 31.7 Å². The van der Waals surface area contributed by atoms with E-state index >= 15 is 0 Å². The van der Waals surface area contributed by atoms with Crippen LogP contribution in [0.2, 0.25) is 0 Å². The lowest BCUT2D eigenvalue weighted by Crippen LogP contribution is -2.47. The van der Waals surface area contributed by atoms with E-state index in [2.05, 4.69) is 49.6 Å². The summed E-state index contributed by atoms with van der Waals surface area (Å²) in [4.78, 5) is 18.4. The van der Waals surface area contributed by atoms with Gasteiger partial charge in [0.1, 0.15) is 17.0 Å². The summed E-state index contributed by atoms with van der Waals surface area (Å²) in [6.07, 6.45) is 6.69. The van der Waals surface area contributed by atoms with Crippen LogP contribution in [0.15, 0.2) is 23.8 Å². The third kappa shape index (κ3) is 3.56. The second kappa shape index (κ2) is 8.06. The highest BCUT2D eigenvalue weighted by Gasteiger charge is 2.26. The molecule has 0 aromatic carbocycles. The fourth-order valence-corrected chi connectivity index (χ4v) is 6.53. The lowest BCUT2D eigenvalue weighted by molar-refractivity contribution is 0.118. The zero-order valence-electron chi connectivity index (χ0n) is 16.4. The molecule has 1 unspecified atom stereocenters. The average Bonchev–Trinajstić information content (AvgIpc) is 3.37. The van der Waals surface area contributed by atoms with E-state index in [0.717, 1.165) is 43.4 Å². The second-order valence-electron chi connectivity index (χ2n) is 7.86. The summed E-state index contributed by atoms with van der Waals surface area (Å²) in [5.74, 6) is 1.03. The molecule has 1 N–H and O–H groups in total. The van der Waals surface area contributed by atoms with Gasteiger partial charge in [-0.1, -0.05) is 6.07 Å². The van der Waals surface area contributed by atoms with Crippen LogP contribution < -0.4 is 5.32 Å². The highest BCUT2D eigenvalue weighted by Crippen LogP contribution is 2.38. The highest BCUT2D eigenvalue weighted by atomic mass is 32.1. The molecule has 0 bridgehead atoms. The van der Waals surface area contributed by atoms with Crippen molar-refractivity contribution in [1.82, 2.24) is 19.8 Å². The van der Waals surface area contributed by atoms with Gasteiger partial charge in [0.25, 0.3) is 0 Å². The van der Waals surface area contributed by atoms with Gasteiger partial charge in [0.05, 0.1) is 11.4 Å². The number of likely N-dealkylation sites (N-methyl/N-ethyl adjacent to an activating group) is 1. The van der Waals surface area contributed by atoms with E-state index in [1.165, 1.54) is 46.4 Å². The monoisotopic (exact) mass is 413 g/mol. The summed E-state index contributed by atoms with van der Waals surface area (Å²) in [5.41, 5.74) is 1.50. The molecule has 3 aromatic rings. The van der Waals surface area contributed by atoms with E-state index in [0.29, 0.717) is 6.04 Å². The Labute approximate surface area is 174 Å². The predicted molar refractivity (Wildman–Crippen MR) is 119 cm³/mol. The van der Waals surface area contributed by atoms with Crippen molar-refractivity contribution in [1.29, 1.82) is 0 Å². The maximum absolute atomic E-state index is 4.66. The van der Waals surface area contributed by atoms with Gasteiger partial charge in [0.2, 0.25) is 0 Å². The zero-order valence-corrected chi connectivity index (χ0v) is 18.0. The van der Waals surface area contributed by atoms with Crippen LogP contribution in [-0.4, -0.2) is 59.5 Å². The summed E-state index contributed by atoms with van der Waals surface area (Å²) in [6, 6.07) is 4.84. The summed E-state index contributed by atoms with van der Waals surface area (Å²) in [7, 11) is 2.22. The molecule has 5 nitrogen and oxygen atoms in total. The Morgan fingerprint density at radius 1 is 1.14 bits per heavy atom. The Bertz CT molecular complexity index is 928. The van der Waals surface area contributed by atoms with Gasteiger partial charge < -0.3 is 10.2 Å². The van der Waals surface area contributed by atoms with Crippen molar-refractivity contribution in [3.05, 3.63) is 39.2 Å². The van der Waals surface area contributed by atoms with Crippen molar-refractivity contribution >= 4 is 38.7 Å². The minimum absolute atomic E-state index is 0.396. The molecule has 1 aliphatic carbocycles. The Balaban J connectivity index is 1.41. The molecule has 148 valence electrons. The fourth-order valence-electron chi connectivity index (χ4n) is 4.44. The van der Waals surface area contributed by atoms with E-state index in [-0.39, 0.29) is 0 Å². The van der Waals surface area contributed by atoms with Gasteiger partial charge in [-0.2, -0.15) is 0 Å². The molecular weight excluding hydrogens is 386 g/mol. The predicted octanol–water partition coefficient (Wildman–Crippen LogP) is 4.03. The fraction of sp³-hybridized carbons (Fsp3) is 0.524. The first-order valence-corrected chi connectivity index (χ1v) is 11.9. The summed E-state index contributed by atoms with van der Waals surface area (Å²) >= 11 is 3.73. The van der Waals surface area contributed by atoms with Crippen LogP contribution in [-0.2, 0) is 12.8 Å². The first-order valence-electron chi connectivity index (χ1n) is 10.2. The quantitative estimate of drug-likeness (QED) is 0.684. The topological polar surface area (TPSA) is 44.3 Å². The number of thiophene rings is 2. The Kier molecular flexibility index (Phi) is 5.32. The lowest BCUT2D eigenvalue weighted by Gasteiger charge is -2.37. The molecule has 1 fully saturated rings. The van der Waals surface area contributed by atoms with E-state index in [1.54, 1.807) is 6.33 Å². The molecule has 4 heterocycles. The molecule has 5 rings (SSSR count). The molecule has 1 saturated heterocycles. The van der Waals surface area contributed by atoms with Gasteiger partial charge in [-0.15, -0.1) is 22.7 Å². The second-order valence-corrected chi connectivity index (χ2v) is 9.93. The van der Waals surface area contributed by atoms with Crippen molar-refractivity contribution < 1.29 is 0 Å².